The summed E-state index contributed by atoms with van der Waals surface area (Å²) >= 11 is 5.95. The first-order valence-corrected chi connectivity index (χ1v) is 6.64. The second-order valence-corrected chi connectivity index (χ2v) is 4.84. The molecule has 1 aromatic carbocycles. The van der Waals surface area contributed by atoms with Gasteiger partial charge in [0.15, 0.2) is 5.65 Å². The van der Waals surface area contributed by atoms with E-state index in [1.165, 1.54) is 0 Å². The summed E-state index contributed by atoms with van der Waals surface area (Å²) in [6.07, 6.45) is 1.55. The summed E-state index contributed by atoms with van der Waals surface area (Å²) < 4.78 is 6.99. The van der Waals surface area contributed by atoms with E-state index in [9.17, 15) is 0 Å². The molecule has 0 saturated carbocycles. The van der Waals surface area contributed by atoms with Crippen LogP contribution in [-0.2, 0) is 6.54 Å². The number of halogens is 1. The third kappa shape index (κ3) is 2.41. The van der Waals surface area contributed by atoms with E-state index in [1.54, 1.807) is 23.9 Å². The van der Waals surface area contributed by atoms with E-state index in [0.717, 1.165) is 11.3 Å². The molecule has 3 aromatic rings. The molecule has 0 atom stereocenters. The molecule has 0 aliphatic rings. The lowest BCUT2D eigenvalue weighted by atomic mass is 10.2. The van der Waals surface area contributed by atoms with Gasteiger partial charge in [-0.05, 0) is 18.2 Å². The zero-order chi connectivity index (χ0) is 14.8. The lowest BCUT2D eigenvalue weighted by Gasteiger charge is -2.06. The molecule has 0 amide bonds. The summed E-state index contributed by atoms with van der Waals surface area (Å²) in [4.78, 5) is 8.82. The van der Waals surface area contributed by atoms with Gasteiger partial charge in [-0.1, -0.05) is 23.7 Å². The van der Waals surface area contributed by atoms with Gasteiger partial charge in [0.05, 0.1) is 18.2 Å². The third-order valence-electron chi connectivity index (χ3n) is 3.11. The number of imidazole rings is 1. The van der Waals surface area contributed by atoms with Crippen LogP contribution >= 0.6 is 11.6 Å². The Morgan fingerprint density at radius 2 is 2.24 bits per heavy atom. The Morgan fingerprint density at radius 3 is 3.00 bits per heavy atom. The molecule has 0 spiro atoms. The zero-order valence-electron chi connectivity index (χ0n) is 11.2. The number of hydrogen-bond acceptors (Lipinski definition) is 4. The maximum atomic E-state index is 9.05. The Kier molecular flexibility index (Phi) is 3.46. The minimum Gasteiger partial charge on any atom is -0.497 e. The predicted octanol–water partition coefficient (Wildman–Crippen LogP) is 3.28. The topological polar surface area (TPSA) is 63.7 Å². The van der Waals surface area contributed by atoms with Crippen LogP contribution in [0.5, 0.6) is 5.75 Å². The normalized spacial score (nSPS) is 10.5. The summed E-state index contributed by atoms with van der Waals surface area (Å²) in [6, 6.07) is 11.4. The molecule has 0 fully saturated rings. The number of nitriles is 1. The van der Waals surface area contributed by atoms with Gasteiger partial charge < -0.3 is 4.74 Å². The van der Waals surface area contributed by atoms with Crippen molar-refractivity contribution in [3.63, 3.8) is 0 Å². The summed E-state index contributed by atoms with van der Waals surface area (Å²) in [6.45, 7) is 0.164. The number of rotatable bonds is 3. The van der Waals surface area contributed by atoms with E-state index >= 15 is 0 Å². The molecule has 0 radical (unpaired) electrons. The second-order valence-electron chi connectivity index (χ2n) is 4.41. The molecule has 0 N–H and O–H groups in total. The summed E-state index contributed by atoms with van der Waals surface area (Å²) in [5, 5.41) is 9.56. The van der Waals surface area contributed by atoms with Gasteiger partial charge in [-0.3, -0.25) is 4.57 Å². The average Bonchev–Trinajstić information content (AvgIpc) is 2.85. The standard InChI is InChI=1S/C15H11ClN4O/c1-21-12-4-2-3-10(7-12)14-19-13-8-11(16)9-18-15(13)20(14)6-5-17/h2-4,7-9H,6H2,1H3. The van der Waals surface area contributed by atoms with E-state index in [2.05, 4.69) is 16.0 Å². The van der Waals surface area contributed by atoms with Gasteiger partial charge in [-0.15, -0.1) is 0 Å². The SMILES string of the molecule is COc1cccc(-c2nc3cc(Cl)cnc3n2CC#N)c1. The average molecular weight is 299 g/mol. The van der Waals surface area contributed by atoms with Crippen molar-refractivity contribution in [2.24, 2.45) is 0 Å². The highest BCUT2D eigenvalue weighted by Crippen LogP contribution is 2.27. The number of fused-ring (bicyclic) bond motifs is 1. The Balaban J connectivity index is 2.25. The fourth-order valence-corrected chi connectivity index (χ4v) is 2.34. The van der Waals surface area contributed by atoms with Crippen LogP contribution in [0.25, 0.3) is 22.6 Å². The molecule has 0 saturated heterocycles. The fourth-order valence-electron chi connectivity index (χ4n) is 2.19. The molecule has 2 aromatic heterocycles. The van der Waals surface area contributed by atoms with Gasteiger partial charge in [0.2, 0.25) is 0 Å². The minimum atomic E-state index is 0.164. The quantitative estimate of drug-likeness (QED) is 0.744. The van der Waals surface area contributed by atoms with Crippen LogP contribution in [0, 0.1) is 11.3 Å². The van der Waals surface area contributed by atoms with Crippen molar-refractivity contribution < 1.29 is 4.74 Å². The van der Waals surface area contributed by atoms with E-state index < -0.39 is 0 Å². The van der Waals surface area contributed by atoms with Gasteiger partial charge in [0.25, 0.3) is 0 Å². The molecular formula is C15H11ClN4O. The van der Waals surface area contributed by atoms with Gasteiger partial charge in [0, 0.05) is 11.8 Å². The van der Waals surface area contributed by atoms with Crippen molar-refractivity contribution in [3.05, 3.63) is 41.6 Å². The second kappa shape index (κ2) is 5.43. The van der Waals surface area contributed by atoms with Gasteiger partial charge in [0.1, 0.15) is 23.6 Å². The molecule has 0 aliphatic heterocycles. The van der Waals surface area contributed by atoms with Gasteiger partial charge >= 0.3 is 0 Å². The summed E-state index contributed by atoms with van der Waals surface area (Å²) in [5.41, 5.74) is 2.16. The molecule has 0 unspecified atom stereocenters. The number of hydrogen-bond donors (Lipinski definition) is 0. The molecule has 0 bridgehead atoms. The number of methoxy groups -OCH3 is 1. The highest BCUT2D eigenvalue weighted by Gasteiger charge is 2.14. The smallest absolute Gasteiger partial charge is 0.161 e. The first-order chi connectivity index (χ1) is 10.2. The first-order valence-electron chi connectivity index (χ1n) is 6.26. The van der Waals surface area contributed by atoms with Crippen LogP contribution in [0.1, 0.15) is 0 Å². The van der Waals surface area contributed by atoms with Crippen molar-refractivity contribution in [1.82, 2.24) is 14.5 Å². The molecular weight excluding hydrogens is 288 g/mol. The molecule has 0 aliphatic carbocycles. The molecule has 5 nitrogen and oxygen atoms in total. The molecule has 104 valence electrons. The number of nitrogens with zero attached hydrogens (tertiary/aromatic N) is 4. The van der Waals surface area contributed by atoms with Crippen molar-refractivity contribution >= 4 is 22.8 Å². The number of aromatic nitrogens is 3. The number of benzene rings is 1. The van der Waals surface area contributed by atoms with Gasteiger partial charge in [-0.2, -0.15) is 5.26 Å². The summed E-state index contributed by atoms with van der Waals surface area (Å²) in [5.74, 6) is 1.40. The third-order valence-corrected chi connectivity index (χ3v) is 3.32. The Labute approximate surface area is 126 Å². The summed E-state index contributed by atoms with van der Waals surface area (Å²) in [7, 11) is 1.61. The molecule has 6 heteroatoms. The van der Waals surface area contributed by atoms with Crippen molar-refractivity contribution in [2.75, 3.05) is 7.11 Å². The van der Waals surface area contributed by atoms with E-state index in [1.807, 2.05) is 24.3 Å². The molecule has 3 rings (SSSR count). The lowest BCUT2D eigenvalue weighted by molar-refractivity contribution is 0.415. The fraction of sp³-hybridized carbons (Fsp3) is 0.133. The molecule has 2 heterocycles. The maximum Gasteiger partial charge on any atom is 0.161 e. The maximum absolute atomic E-state index is 9.05. The van der Waals surface area contributed by atoms with Crippen LogP contribution in [0.3, 0.4) is 0 Å². The number of ether oxygens (including phenoxy) is 1. The van der Waals surface area contributed by atoms with Crippen molar-refractivity contribution in [1.29, 1.82) is 5.26 Å². The first kappa shape index (κ1) is 13.4. The van der Waals surface area contributed by atoms with E-state index in [-0.39, 0.29) is 6.54 Å². The van der Waals surface area contributed by atoms with Crippen LogP contribution in [0.15, 0.2) is 36.5 Å². The van der Waals surface area contributed by atoms with E-state index in [0.29, 0.717) is 22.0 Å². The Bertz CT molecular complexity index is 850. The van der Waals surface area contributed by atoms with Gasteiger partial charge in [-0.25, -0.2) is 9.97 Å². The van der Waals surface area contributed by atoms with Crippen LogP contribution < -0.4 is 4.74 Å². The van der Waals surface area contributed by atoms with Crippen LogP contribution in [0.2, 0.25) is 5.02 Å². The van der Waals surface area contributed by atoms with Crippen LogP contribution in [-0.4, -0.2) is 21.6 Å². The van der Waals surface area contributed by atoms with Crippen molar-refractivity contribution in [3.8, 4) is 23.2 Å². The lowest BCUT2D eigenvalue weighted by Crippen LogP contribution is -2.00. The predicted molar refractivity (Wildman–Crippen MR) is 80.1 cm³/mol. The van der Waals surface area contributed by atoms with Crippen molar-refractivity contribution in [2.45, 2.75) is 6.54 Å². The Morgan fingerprint density at radius 1 is 1.38 bits per heavy atom. The minimum absolute atomic E-state index is 0.164. The largest absolute Gasteiger partial charge is 0.497 e. The zero-order valence-corrected chi connectivity index (χ0v) is 12.0. The molecule has 21 heavy (non-hydrogen) atoms. The highest BCUT2D eigenvalue weighted by atomic mass is 35.5. The highest BCUT2D eigenvalue weighted by molar-refractivity contribution is 6.31. The van der Waals surface area contributed by atoms with E-state index in [4.69, 9.17) is 21.6 Å². The Hall–Kier alpha value is -2.58. The monoisotopic (exact) mass is 298 g/mol. The van der Waals surface area contributed by atoms with Crippen LogP contribution in [0.4, 0.5) is 0 Å². The number of pyridine rings is 1.